The number of halogens is 1. The third-order valence-electron chi connectivity index (χ3n) is 5.51. The van der Waals surface area contributed by atoms with E-state index < -0.39 is 0 Å². The number of aryl methyl sites for hydroxylation is 1. The summed E-state index contributed by atoms with van der Waals surface area (Å²) in [4.78, 5) is 8.87. The molecule has 2 aromatic heterocycles. The van der Waals surface area contributed by atoms with E-state index in [1.165, 1.54) is 29.3 Å². The molecule has 0 radical (unpaired) electrons. The Morgan fingerprint density at radius 2 is 1.91 bits per heavy atom. The quantitative estimate of drug-likeness (QED) is 0.429. The van der Waals surface area contributed by atoms with Gasteiger partial charge < -0.3 is 19.7 Å². The van der Waals surface area contributed by atoms with Crippen molar-refractivity contribution in [3.63, 3.8) is 0 Å². The van der Waals surface area contributed by atoms with E-state index in [1.807, 2.05) is 22.8 Å². The Morgan fingerprint density at radius 3 is 2.62 bits per heavy atom. The Bertz CT molecular complexity index is 1380. The second kappa shape index (κ2) is 8.52. The fourth-order valence-electron chi connectivity index (χ4n) is 3.79. The maximum Gasteiger partial charge on any atom is 0.223 e. The topological polar surface area (TPSA) is 130 Å². The van der Waals surface area contributed by atoms with Gasteiger partial charge in [0.05, 0.1) is 35.6 Å². The average Bonchev–Trinajstić information content (AvgIpc) is 3.44. The van der Waals surface area contributed by atoms with Gasteiger partial charge in [-0.15, -0.1) is 0 Å². The number of fused-ring (bicyclic) bond motifs is 3. The van der Waals surface area contributed by atoms with Crippen molar-refractivity contribution in [1.82, 2.24) is 19.7 Å². The lowest BCUT2D eigenvalue weighted by Gasteiger charge is -2.24. The fourth-order valence-corrected chi connectivity index (χ4v) is 3.79. The lowest BCUT2D eigenvalue weighted by atomic mass is 10.1. The largest absolute Gasteiger partial charge is 0.497 e. The molecule has 1 aliphatic heterocycles. The van der Waals surface area contributed by atoms with Gasteiger partial charge in [-0.25, -0.2) is 15.2 Å². The van der Waals surface area contributed by atoms with Gasteiger partial charge in [0.2, 0.25) is 11.7 Å². The highest BCUT2D eigenvalue weighted by Crippen LogP contribution is 2.37. The zero-order valence-electron chi connectivity index (χ0n) is 18.5. The summed E-state index contributed by atoms with van der Waals surface area (Å²) < 4.78 is 31.5. The Kier molecular flexibility index (Phi) is 5.38. The highest BCUT2D eigenvalue weighted by molar-refractivity contribution is 5.71. The molecule has 4 aromatic rings. The minimum Gasteiger partial charge on any atom is -0.497 e. The number of hydrogen-bond acceptors (Lipinski definition) is 9. The van der Waals surface area contributed by atoms with Crippen molar-refractivity contribution in [2.75, 3.05) is 18.7 Å². The highest BCUT2D eigenvalue weighted by atomic mass is 19.1. The van der Waals surface area contributed by atoms with Crippen LogP contribution in [0.25, 0.3) is 17.2 Å². The predicted octanol–water partition coefficient (Wildman–Crippen LogP) is 2.86. The number of anilines is 1. The average molecular weight is 463 g/mol. The number of rotatable bonds is 5. The van der Waals surface area contributed by atoms with Gasteiger partial charge in [-0.1, -0.05) is 5.16 Å². The van der Waals surface area contributed by atoms with Crippen LogP contribution in [0.2, 0.25) is 0 Å². The van der Waals surface area contributed by atoms with E-state index in [-0.39, 0.29) is 12.4 Å². The molecule has 34 heavy (non-hydrogen) atoms. The monoisotopic (exact) mass is 463 g/mol. The van der Waals surface area contributed by atoms with Crippen molar-refractivity contribution in [1.29, 1.82) is 0 Å². The molecular weight excluding hydrogens is 441 g/mol. The predicted molar refractivity (Wildman–Crippen MR) is 122 cm³/mol. The first-order valence-corrected chi connectivity index (χ1v) is 10.4. The molecule has 4 N–H and O–H groups in total. The molecule has 2 aromatic carbocycles. The van der Waals surface area contributed by atoms with Gasteiger partial charge in [0, 0.05) is 19.4 Å². The minimum atomic E-state index is -0.348. The Hall–Kier alpha value is -4.38. The molecule has 11 heteroatoms. The highest BCUT2D eigenvalue weighted by Gasteiger charge is 2.28. The molecular formula is C23H22FN7O3. The van der Waals surface area contributed by atoms with E-state index >= 15 is 0 Å². The molecule has 0 bridgehead atoms. The smallest absolute Gasteiger partial charge is 0.223 e. The van der Waals surface area contributed by atoms with Crippen LogP contribution in [0.15, 0.2) is 64.7 Å². The van der Waals surface area contributed by atoms with Gasteiger partial charge in [-0.2, -0.15) is 4.98 Å². The normalized spacial score (nSPS) is 14.3. The number of nitrogens with two attached hydrogens (primary N) is 2. The van der Waals surface area contributed by atoms with Crippen molar-refractivity contribution < 1.29 is 18.4 Å². The zero-order chi connectivity index (χ0) is 23.8. The van der Waals surface area contributed by atoms with E-state index in [0.29, 0.717) is 52.4 Å². The summed E-state index contributed by atoms with van der Waals surface area (Å²) in [5.74, 6) is 8.15. The third-order valence-corrected chi connectivity index (χ3v) is 5.51. The summed E-state index contributed by atoms with van der Waals surface area (Å²) in [6, 6.07) is 11.2. The van der Waals surface area contributed by atoms with Crippen LogP contribution in [0.1, 0.15) is 11.6 Å². The van der Waals surface area contributed by atoms with Crippen LogP contribution in [-0.2, 0) is 6.42 Å². The molecule has 0 fully saturated rings. The van der Waals surface area contributed by atoms with Gasteiger partial charge in [0.15, 0.2) is 0 Å². The summed E-state index contributed by atoms with van der Waals surface area (Å²) >= 11 is 0. The van der Waals surface area contributed by atoms with E-state index in [2.05, 4.69) is 15.1 Å². The summed E-state index contributed by atoms with van der Waals surface area (Å²) in [5, 5.41) is 5.54. The van der Waals surface area contributed by atoms with Crippen LogP contribution in [0, 0.1) is 12.7 Å². The first-order valence-electron chi connectivity index (χ1n) is 10.4. The van der Waals surface area contributed by atoms with E-state index in [4.69, 9.17) is 25.6 Å². The molecule has 5 rings (SSSR count). The summed E-state index contributed by atoms with van der Waals surface area (Å²) in [6.45, 7) is 1.75. The molecule has 1 aliphatic rings. The van der Waals surface area contributed by atoms with E-state index in [1.54, 1.807) is 20.4 Å². The van der Waals surface area contributed by atoms with E-state index in [9.17, 15) is 4.39 Å². The second-order valence-electron chi connectivity index (χ2n) is 7.66. The number of imidazole rings is 1. The van der Waals surface area contributed by atoms with Crippen LogP contribution in [0.4, 0.5) is 10.1 Å². The second-order valence-corrected chi connectivity index (χ2v) is 7.66. The SMILES string of the molecule is COc1ccc2c(c1)N(N)/C(=C(\N)COc1ccc(F)cc1)Cc1c(-c3noc(C)n3)ncn1-2. The van der Waals surface area contributed by atoms with Crippen molar-refractivity contribution >= 4 is 5.69 Å². The summed E-state index contributed by atoms with van der Waals surface area (Å²) in [5.41, 5.74) is 10.2. The molecule has 3 heterocycles. The zero-order valence-corrected chi connectivity index (χ0v) is 18.5. The molecule has 0 saturated heterocycles. The van der Waals surface area contributed by atoms with Crippen molar-refractivity contribution in [3.05, 3.63) is 77.6 Å². The number of nitrogens with zero attached hydrogens (tertiary/aromatic N) is 5. The first kappa shape index (κ1) is 21.5. The molecule has 10 nitrogen and oxygen atoms in total. The molecule has 0 atom stereocenters. The van der Waals surface area contributed by atoms with E-state index in [0.717, 1.165) is 11.4 Å². The number of hydrazine groups is 1. The maximum absolute atomic E-state index is 13.2. The number of methoxy groups -OCH3 is 1. The number of aromatic nitrogens is 4. The molecule has 0 amide bonds. The number of hydrogen-bond donors (Lipinski definition) is 2. The number of benzene rings is 2. The van der Waals surface area contributed by atoms with Gasteiger partial charge in [0.1, 0.15) is 35.9 Å². The van der Waals surface area contributed by atoms with Crippen LogP contribution in [0.3, 0.4) is 0 Å². The summed E-state index contributed by atoms with van der Waals surface area (Å²) in [7, 11) is 1.58. The van der Waals surface area contributed by atoms with Gasteiger partial charge >= 0.3 is 0 Å². The van der Waals surface area contributed by atoms with Crippen molar-refractivity contribution in [2.45, 2.75) is 13.3 Å². The standard InChI is InChI=1S/C23H22FN7O3/c1-13-28-23(29-34-13)22-21-10-19(17(25)11-33-15-5-3-14(24)4-6-15)31(26)20-9-16(32-2)7-8-18(20)30(21)12-27-22/h3-9,12H,10-11,25-26H2,1-2H3/b19-17-. The lowest BCUT2D eigenvalue weighted by molar-refractivity contribution is 0.347. The molecule has 0 spiro atoms. The molecule has 0 aliphatic carbocycles. The number of ether oxygens (including phenoxy) is 2. The molecule has 174 valence electrons. The third kappa shape index (κ3) is 3.82. The first-order chi connectivity index (χ1) is 16.4. The van der Waals surface area contributed by atoms with Gasteiger partial charge in [-0.05, 0) is 36.4 Å². The molecule has 0 unspecified atom stereocenters. The minimum absolute atomic E-state index is 0.0404. The maximum atomic E-state index is 13.2. The van der Waals surface area contributed by atoms with Crippen LogP contribution in [-0.4, -0.2) is 33.4 Å². The number of allylic oxidation sites excluding steroid dienone is 1. The van der Waals surface area contributed by atoms with Crippen LogP contribution in [0.5, 0.6) is 11.5 Å². The molecule has 0 saturated carbocycles. The summed E-state index contributed by atoms with van der Waals surface area (Å²) in [6.07, 6.45) is 2.00. The van der Waals surface area contributed by atoms with Gasteiger partial charge in [-0.3, -0.25) is 9.58 Å². The van der Waals surface area contributed by atoms with Crippen LogP contribution < -0.4 is 26.1 Å². The van der Waals surface area contributed by atoms with Crippen molar-refractivity contribution in [2.24, 2.45) is 11.6 Å². The fraction of sp³-hybridized carbons (Fsp3) is 0.174. The van der Waals surface area contributed by atoms with Crippen molar-refractivity contribution in [3.8, 4) is 28.7 Å². The Balaban J connectivity index is 1.60. The lowest BCUT2D eigenvalue weighted by Crippen LogP contribution is -2.34. The van der Waals surface area contributed by atoms with Crippen LogP contribution >= 0.6 is 0 Å². The Labute approximate surface area is 194 Å². The Morgan fingerprint density at radius 1 is 1.15 bits per heavy atom. The van der Waals surface area contributed by atoms with Gasteiger partial charge in [0.25, 0.3) is 0 Å².